The summed E-state index contributed by atoms with van der Waals surface area (Å²) in [6.45, 7) is 2.68. The fraction of sp³-hybridized carbons (Fsp3) is 0.588. The van der Waals surface area contributed by atoms with Gasteiger partial charge in [0.15, 0.2) is 5.75 Å². The highest BCUT2D eigenvalue weighted by Crippen LogP contribution is 2.17. The summed E-state index contributed by atoms with van der Waals surface area (Å²) in [7, 11) is 0. The fourth-order valence-corrected chi connectivity index (χ4v) is 2.22. The van der Waals surface area contributed by atoms with Gasteiger partial charge in [-0.2, -0.15) is 5.90 Å². The van der Waals surface area contributed by atoms with Crippen molar-refractivity contribution in [1.29, 1.82) is 0 Å². The van der Waals surface area contributed by atoms with Crippen LogP contribution in [0.5, 0.6) is 5.75 Å². The number of carbonyl (C=O) groups is 1. The van der Waals surface area contributed by atoms with E-state index < -0.39 is 0 Å². The Balaban J connectivity index is 2.11. The van der Waals surface area contributed by atoms with Crippen LogP contribution in [0, 0.1) is 0 Å². The van der Waals surface area contributed by atoms with Crippen LogP contribution in [0.15, 0.2) is 24.3 Å². The van der Waals surface area contributed by atoms with Gasteiger partial charge in [0.05, 0.1) is 6.61 Å². The molecule has 0 heterocycles. The lowest BCUT2D eigenvalue weighted by Gasteiger charge is -2.07. The number of para-hydroxylation sites is 1. The van der Waals surface area contributed by atoms with E-state index in [1.54, 1.807) is 24.3 Å². The Bertz CT molecular complexity index is 407. The van der Waals surface area contributed by atoms with E-state index in [1.165, 1.54) is 38.5 Å². The Labute approximate surface area is 127 Å². The van der Waals surface area contributed by atoms with Gasteiger partial charge in [0, 0.05) is 0 Å². The van der Waals surface area contributed by atoms with E-state index in [0.717, 1.165) is 12.8 Å². The lowest BCUT2D eigenvalue weighted by atomic mass is 10.1. The number of rotatable bonds is 11. The van der Waals surface area contributed by atoms with Crippen molar-refractivity contribution in [1.82, 2.24) is 0 Å². The predicted molar refractivity (Wildman–Crippen MR) is 84.1 cm³/mol. The summed E-state index contributed by atoms with van der Waals surface area (Å²) in [5.41, 5.74) is 0.375. The number of unbranched alkanes of at least 4 members (excludes halogenated alkanes) is 7. The summed E-state index contributed by atoms with van der Waals surface area (Å²) in [5, 5.41) is 0. The lowest BCUT2D eigenvalue weighted by Crippen LogP contribution is -2.11. The first-order chi connectivity index (χ1) is 10.3. The molecule has 0 aliphatic carbocycles. The minimum Gasteiger partial charge on any atom is -0.462 e. The molecule has 0 saturated carbocycles. The molecular weight excluding hydrogens is 266 g/mol. The molecule has 0 aromatic heterocycles. The smallest absolute Gasteiger partial charge is 0.342 e. The molecule has 0 bridgehead atoms. The maximum atomic E-state index is 11.9. The number of benzene rings is 1. The molecule has 0 atom stereocenters. The molecular formula is C17H27NO3. The zero-order valence-electron chi connectivity index (χ0n) is 13.0. The molecule has 118 valence electrons. The summed E-state index contributed by atoms with van der Waals surface area (Å²) >= 11 is 0. The van der Waals surface area contributed by atoms with Crippen molar-refractivity contribution in [3.63, 3.8) is 0 Å². The molecule has 2 N–H and O–H groups in total. The third kappa shape index (κ3) is 7.14. The van der Waals surface area contributed by atoms with Crippen LogP contribution in [0.2, 0.25) is 0 Å². The molecule has 0 saturated heterocycles. The highest BCUT2D eigenvalue weighted by Gasteiger charge is 2.12. The molecule has 1 aromatic rings. The Hall–Kier alpha value is -1.55. The second-order valence-electron chi connectivity index (χ2n) is 5.22. The minimum absolute atomic E-state index is 0.346. The molecule has 4 heteroatoms. The first-order valence-corrected chi connectivity index (χ1v) is 7.92. The number of esters is 1. The normalized spacial score (nSPS) is 10.4. The first kappa shape index (κ1) is 17.5. The van der Waals surface area contributed by atoms with Crippen LogP contribution < -0.4 is 10.7 Å². The van der Waals surface area contributed by atoms with Crippen LogP contribution in [0.1, 0.15) is 68.6 Å². The fourth-order valence-electron chi connectivity index (χ4n) is 2.22. The van der Waals surface area contributed by atoms with Gasteiger partial charge in [-0.25, -0.2) is 4.79 Å². The average Bonchev–Trinajstić information content (AvgIpc) is 2.53. The summed E-state index contributed by atoms with van der Waals surface area (Å²) in [4.78, 5) is 16.5. The molecule has 4 nitrogen and oxygen atoms in total. The van der Waals surface area contributed by atoms with Crippen molar-refractivity contribution >= 4 is 5.97 Å². The third-order valence-electron chi connectivity index (χ3n) is 3.46. The second-order valence-corrected chi connectivity index (χ2v) is 5.22. The quantitative estimate of drug-likeness (QED) is 0.376. The second kappa shape index (κ2) is 11.1. The number of ether oxygens (including phenoxy) is 1. The van der Waals surface area contributed by atoms with Crippen LogP contribution in [0.3, 0.4) is 0 Å². The van der Waals surface area contributed by atoms with Gasteiger partial charge < -0.3 is 9.57 Å². The van der Waals surface area contributed by atoms with Crippen molar-refractivity contribution < 1.29 is 14.4 Å². The van der Waals surface area contributed by atoms with Crippen molar-refractivity contribution in [2.75, 3.05) is 6.61 Å². The molecule has 1 aromatic carbocycles. The predicted octanol–water partition coefficient (Wildman–Crippen LogP) is 4.24. The van der Waals surface area contributed by atoms with Crippen molar-refractivity contribution in [3.05, 3.63) is 29.8 Å². The van der Waals surface area contributed by atoms with Crippen molar-refractivity contribution in [2.24, 2.45) is 5.90 Å². The van der Waals surface area contributed by atoms with E-state index in [1.807, 2.05) is 0 Å². The van der Waals surface area contributed by atoms with Gasteiger partial charge in [0.1, 0.15) is 5.56 Å². The van der Waals surface area contributed by atoms with Crippen LogP contribution in [0.4, 0.5) is 0 Å². The third-order valence-corrected chi connectivity index (χ3v) is 3.46. The molecule has 1 rings (SSSR count). The van der Waals surface area contributed by atoms with Gasteiger partial charge >= 0.3 is 5.97 Å². The molecule has 21 heavy (non-hydrogen) atoms. The summed E-state index contributed by atoms with van der Waals surface area (Å²) in [6.07, 6.45) is 9.77. The van der Waals surface area contributed by atoms with Gasteiger partial charge in [-0.15, -0.1) is 0 Å². The largest absolute Gasteiger partial charge is 0.462 e. The number of hydrogen-bond acceptors (Lipinski definition) is 4. The summed E-state index contributed by atoms with van der Waals surface area (Å²) < 4.78 is 5.24. The Morgan fingerprint density at radius 2 is 1.62 bits per heavy atom. The van der Waals surface area contributed by atoms with Crippen LogP contribution in [-0.2, 0) is 4.74 Å². The van der Waals surface area contributed by atoms with E-state index in [4.69, 9.17) is 10.6 Å². The van der Waals surface area contributed by atoms with E-state index in [-0.39, 0.29) is 5.97 Å². The zero-order chi connectivity index (χ0) is 15.3. The maximum Gasteiger partial charge on any atom is 0.342 e. The van der Waals surface area contributed by atoms with Gasteiger partial charge in [-0.1, -0.05) is 64.0 Å². The van der Waals surface area contributed by atoms with Gasteiger partial charge in [0.2, 0.25) is 0 Å². The molecule has 0 fully saturated rings. The van der Waals surface area contributed by atoms with Gasteiger partial charge in [0.25, 0.3) is 0 Å². The average molecular weight is 293 g/mol. The summed E-state index contributed by atoms with van der Waals surface area (Å²) in [5.74, 6) is 5.09. The number of carbonyl (C=O) groups excluding carboxylic acids is 1. The monoisotopic (exact) mass is 293 g/mol. The SMILES string of the molecule is CCCCCCCCCCOC(=O)c1ccccc1ON. The van der Waals surface area contributed by atoms with E-state index in [9.17, 15) is 4.79 Å². The zero-order valence-corrected chi connectivity index (χ0v) is 13.0. The Morgan fingerprint density at radius 3 is 2.29 bits per heavy atom. The number of nitrogens with two attached hydrogens (primary N) is 1. The standard InChI is InChI=1S/C17H27NO3/c1-2-3-4-5-6-7-8-11-14-20-17(19)15-12-9-10-13-16(15)21-18/h9-10,12-13H,2-8,11,14,18H2,1H3. The molecule has 0 radical (unpaired) electrons. The first-order valence-electron chi connectivity index (χ1n) is 7.92. The number of hydrogen-bond donors (Lipinski definition) is 1. The Kier molecular flexibility index (Phi) is 9.29. The molecule has 0 spiro atoms. The van der Waals surface area contributed by atoms with Crippen molar-refractivity contribution in [3.8, 4) is 5.75 Å². The topological polar surface area (TPSA) is 61.5 Å². The van der Waals surface area contributed by atoms with E-state index in [0.29, 0.717) is 17.9 Å². The molecule has 0 amide bonds. The Morgan fingerprint density at radius 1 is 1.00 bits per heavy atom. The molecule has 0 unspecified atom stereocenters. The van der Waals surface area contributed by atoms with E-state index in [2.05, 4.69) is 11.8 Å². The minimum atomic E-state index is -0.376. The maximum absolute atomic E-state index is 11.9. The molecule has 0 aliphatic rings. The highest BCUT2D eigenvalue weighted by atomic mass is 16.6. The van der Waals surface area contributed by atoms with Crippen LogP contribution >= 0.6 is 0 Å². The van der Waals surface area contributed by atoms with Crippen LogP contribution in [-0.4, -0.2) is 12.6 Å². The van der Waals surface area contributed by atoms with Gasteiger partial charge in [-0.05, 0) is 18.6 Å². The highest BCUT2D eigenvalue weighted by molar-refractivity contribution is 5.92. The van der Waals surface area contributed by atoms with Gasteiger partial charge in [-0.3, -0.25) is 0 Å². The lowest BCUT2D eigenvalue weighted by molar-refractivity contribution is 0.0493. The van der Waals surface area contributed by atoms with E-state index >= 15 is 0 Å². The summed E-state index contributed by atoms with van der Waals surface area (Å²) in [6, 6.07) is 6.82. The van der Waals surface area contributed by atoms with Crippen molar-refractivity contribution in [2.45, 2.75) is 58.3 Å². The molecule has 0 aliphatic heterocycles. The van der Waals surface area contributed by atoms with Crippen LogP contribution in [0.25, 0.3) is 0 Å².